The average molecular weight is 290 g/mol. The van der Waals surface area contributed by atoms with Crippen LogP contribution in [0.15, 0.2) is 30.3 Å². The summed E-state index contributed by atoms with van der Waals surface area (Å²) in [6.07, 6.45) is 1.21. The Morgan fingerprint density at radius 3 is 2.29 bits per heavy atom. The van der Waals surface area contributed by atoms with Crippen LogP contribution in [0.4, 0.5) is 0 Å². The van der Waals surface area contributed by atoms with E-state index in [4.69, 9.17) is 0 Å². The third kappa shape index (κ3) is 6.43. The van der Waals surface area contributed by atoms with Crippen LogP contribution in [0, 0.1) is 0 Å². The molecule has 0 radical (unpaired) electrons. The van der Waals surface area contributed by atoms with Gasteiger partial charge in [0.15, 0.2) is 0 Å². The maximum absolute atomic E-state index is 11.8. The number of carbonyl (C=O) groups excluding carboxylic acids is 2. The number of nitrogens with one attached hydrogen (secondary N) is 1. The topological polar surface area (TPSA) is 49.4 Å². The van der Waals surface area contributed by atoms with E-state index >= 15 is 0 Å². The minimum absolute atomic E-state index is 0.0243. The van der Waals surface area contributed by atoms with Gasteiger partial charge in [-0.05, 0) is 32.8 Å². The van der Waals surface area contributed by atoms with E-state index in [-0.39, 0.29) is 17.4 Å². The third-order valence-corrected chi connectivity index (χ3v) is 3.33. The Hall–Kier alpha value is -1.84. The number of hydrogen-bond acceptors (Lipinski definition) is 2. The van der Waals surface area contributed by atoms with Crippen LogP contribution in [-0.2, 0) is 16.0 Å². The van der Waals surface area contributed by atoms with Gasteiger partial charge in [0.05, 0.1) is 0 Å². The number of aryl methyl sites for hydroxylation is 1. The van der Waals surface area contributed by atoms with Crippen LogP contribution < -0.4 is 5.32 Å². The van der Waals surface area contributed by atoms with Crippen molar-refractivity contribution in [2.75, 3.05) is 13.1 Å². The molecule has 0 aliphatic rings. The van der Waals surface area contributed by atoms with E-state index < -0.39 is 0 Å². The van der Waals surface area contributed by atoms with Crippen molar-refractivity contribution in [2.24, 2.45) is 0 Å². The lowest BCUT2D eigenvalue weighted by Crippen LogP contribution is -2.48. The molecule has 1 aromatic rings. The normalized spacial score (nSPS) is 11.0. The zero-order chi connectivity index (χ0) is 15.9. The Labute approximate surface area is 127 Å². The highest BCUT2D eigenvalue weighted by Gasteiger charge is 2.23. The van der Waals surface area contributed by atoms with E-state index in [1.165, 1.54) is 0 Å². The minimum atomic E-state index is -0.222. The van der Waals surface area contributed by atoms with Crippen LogP contribution in [0.1, 0.15) is 39.7 Å². The van der Waals surface area contributed by atoms with Crippen molar-refractivity contribution >= 4 is 11.8 Å². The summed E-state index contributed by atoms with van der Waals surface area (Å²) in [5, 5.41) is 2.88. The van der Waals surface area contributed by atoms with Gasteiger partial charge < -0.3 is 10.2 Å². The summed E-state index contributed by atoms with van der Waals surface area (Å²) in [5.74, 6) is 0.0531. The molecule has 0 saturated heterocycles. The summed E-state index contributed by atoms with van der Waals surface area (Å²) in [7, 11) is 0. The predicted octanol–water partition coefficient (Wildman–Crippen LogP) is 2.38. The lowest BCUT2D eigenvalue weighted by atomic mass is 10.1. The molecule has 1 N–H and O–H groups in total. The van der Waals surface area contributed by atoms with Crippen molar-refractivity contribution in [1.29, 1.82) is 0 Å². The molecule has 0 bridgehead atoms. The highest BCUT2D eigenvalue weighted by molar-refractivity contribution is 5.76. The number of carbonyl (C=O) groups is 2. The van der Waals surface area contributed by atoms with Gasteiger partial charge >= 0.3 is 0 Å². The first-order chi connectivity index (χ1) is 9.80. The molecule has 0 spiro atoms. The molecule has 116 valence electrons. The van der Waals surface area contributed by atoms with Gasteiger partial charge in [0.25, 0.3) is 0 Å². The van der Waals surface area contributed by atoms with Gasteiger partial charge in [-0.25, -0.2) is 0 Å². The van der Waals surface area contributed by atoms with Gasteiger partial charge in [0.2, 0.25) is 11.8 Å². The number of benzene rings is 1. The van der Waals surface area contributed by atoms with Crippen LogP contribution in [-0.4, -0.2) is 35.3 Å². The highest BCUT2D eigenvalue weighted by atomic mass is 16.2. The van der Waals surface area contributed by atoms with E-state index in [0.29, 0.717) is 19.5 Å². The largest absolute Gasteiger partial charge is 0.354 e. The smallest absolute Gasteiger partial charge is 0.220 e. The van der Waals surface area contributed by atoms with Gasteiger partial charge in [-0.15, -0.1) is 0 Å². The monoisotopic (exact) mass is 290 g/mol. The quantitative estimate of drug-likeness (QED) is 0.874. The fraction of sp³-hybridized carbons (Fsp3) is 0.529. The molecule has 0 saturated carbocycles. The van der Waals surface area contributed by atoms with Crippen molar-refractivity contribution in [3.8, 4) is 0 Å². The van der Waals surface area contributed by atoms with E-state index in [2.05, 4.69) is 5.32 Å². The van der Waals surface area contributed by atoms with Crippen molar-refractivity contribution < 1.29 is 9.59 Å². The van der Waals surface area contributed by atoms with Crippen LogP contribution in [0.25, 0.3) is 0 Å². The zero-order valence-electron chi connectivity index (χ0n) is 13.5. The van der Waals surface area contributed by atoms with Gasteiger partial charge in [0.1, 0.15) is 0 Å². The van der Waals surface area contributed by atoms with Gasteiger partial charge in [-0.3, -0.25) is 9.59 Å². The van der Waals surface area contributed by atoms with Gasteiger partial charge in [0, 0.05) is 32.0 Å². The Kier molecular flexibility index (Phi) is 6.40. The van der Waals surface area contributed by atoms with Crippen LogP contribution in [0.3, 0.4) is 0 Å². The molecule has 21 heavy (non-hydrogen) atoms. The Morgan fingerprint density at radius 1 is 1.14 bits per heavy atom. The third-order valence-electron chi connectivity index (χ3n) is 3.33. The second-order valence-electron chi connectivity index (χ2n) is 6.18. The van der Waals surface area contributed by atoms with Crippen LogP contribution in [0.2, 0.25) is 0 Å². The van der Waals surface area contributed by atoms with Crippen LogP contribution >= 0.6 is 0 Å². The molecule has 1 rings (SSSR count). The lowest BCUT2D eigenvalue weighted by Gasteiger charge is -2.35. The summed E-state index contributed by atoms with van der Waals surface area (Å²) >= 11 is 0. The molecule has 0 aromatic heterocycles. The first-order valence-corrected chi connectivity index (χ1v) is 7.39. The number of nitrogens with zero attached hydrogens (tertiary/aromatic N) is 1. The van der Waals surface area contributed by atoms with Gasteiger partial charge in [-0.2, -0.15) is 0 Å². The van der Waals surface area contributed by atoms with Crippen molar-refractivity contribution in [1.82, 2.24) is 10.2 Å². The summed E-state index contributed by atoms with van der Waals surface area (Å²) < 4.78 is 0. The molecule has 2 amide bonds. The molecule has 1 aromatic carbocycles. The molecule has 0 fully saturated rings. The zero-order valence-corrected chi connectivity index (χ0v) is 13.5. The number of amides is 2. The summed E-state index contributed by atoms with van der Waals surface area (Å²) in [6, 6.07) is 9.95. The van der Waals surface area contributed by atoms with Gasteiger partial charge in [-0.1, -0.05) is 30.3 Å². The molecule has 4 heteroatoms. The van der Waals surface area contributed by atoms with E-state index in [0.717, 1.165) is 12.0 Å². The predicted molar refractivity (Wildman–Crippen MR) is 84.9 cm³/mol. The highest BCUT2D eigenvalue weighted by Crippen LogP contribution is 2.12. The fourth-order valence-corrected chi connectivity index (χ4v) is 2.26. The Morgan fingerprint density at radius 2 is 1.76 bits per heavy atom. The fourth-order valence-electron chi connectivity index (χ4n) is 2.26. The second-order valence-corrected chi connectivity index (χ2v) is 6.18. The maximum Gasteiger partial charge on any atom is 0.220 e. The van der Waals surface area contributed by atoms with Crippen molar-refractivity contribution in [3.63, 3.8) is 0 Å². The molecule has 0 heterocycles. The van der Waals surface area contributed by atoms with E-state index in [9.17, 15) is 9.59 Å². The lowest BCUT2D eigenvalue weighted by molar-refractivity contribution is -0.134. The average Bonchev–Trinajstić information content (AvgIpc) is 2.40. The molecular weight excluding hydrogens is 264 g/mol. The minimum Gasteiger partial charge on any atom is -0.354 e. The molecule has 0 aliphatic carbocycles. The summed E-state index contributed by atoms with van der Waals surface area (Å²) in [5.41, 5.74) is 0.938. The van der Waals surface area contributed by atoms with E-state index in [1.54, 1.807) is 11.8 Å². The molecule has 0 aliphatic heterocycles. The molecule has 0 unspecified atom stereocenters. The van der Waals surface area contributed by atoms with Crippen LogP contribution in [0.5, 0.6) is 0 Å². The number of rotatable bonds is 6. The standard InChI is InChI=1S/C17H26N2O2/c1-14(20)19(17(2,3)4)13-12-18-16(21)11-10-15-8-6-5-7-9-15/h5-9H,10-13H2,1-4H3,(H,18,21). The Bertz CT molecular complexity index is 463. The first kappa shape index (κ1) is 17.2. The van der Waals surface area contributed by atoms with Crippen molar-refractivity contribution in [2.45, 2.75) is 46.1 Å². The maximum atomic E-state index is 11.8. The molecule has 0 atom stereocenters. The summed E-state index contributed by atoms with van der Waals surface area (Å²) in [4.78, 5) is 25.2. The Balaban J connectivity index is 2.31. The first-order valence-electron chi connectivity index (χ1n) is 7.39. The molecular formula is C17H26N2O2. The SMILES string of the molecule is CC(=O)N(CCNC(=O)CCc1ccccc1)C(C)(C)C. The van der Waals surface area contributed by atoms with Crippen molar-refractivity contribution in [3.05, 3.63) is 35.9 Å². The molecule has 4 nitrogen and oxygen atoms in total. The number of hydrogen-bond donors (Lipinski definition) is 1. The second kappa shape index (κ2) is 7.81. The van der Waals surface area contributed by atoms with E-state index in [1.807, 2.05) is 51.1 Å². The summed E-state index contributed by atoms with van der Waals surface area (Å²) in [6.45, 7) is 8.56.